The van der Waals surface area contributed by atoms with Crippen LogP contribution >= 0.6 is 27.5 Å². The van der Waals surface area contributed by atoms with E-state index in [0.717, 1.165) is 20.6 Å². The highest BCUT2D eigenvalue weighted by molar-refractivity contribution is 9.10. The first kappa shape index (κ1) is 17.0. The van der Waals surface area contributed by atoms with E-state index < -0.39 is 0 Å². The van der Waals surface area contributed by atoms with Crippen molar-refractivity contribution in [1.29, 1.82) is 0 Å². The molecule has 0 heterocycles. The summed E-state index contributed by atoms with van der Waals surface area (Å²) >= 11 is 9.34. The smallest absolute Gasteiger partial charge is 0.224 e. The average molecular weight is 381 g/mol. The first-order valence-electron chi connectivity index (χ1n) is 7.14. The Bertz CT molecular complexity index is 652. The molecule has 2 aromatic carbocycles. The van der Waals surface area contributed by atoms with Gasteiger partial charge in [-0.05, 0) is 35.4 Å². The minimum absolute atomic E-state index is 0.0279. The molecule has 1 N–H and O–H groups in total. The molecule has 0 aromatic heterocycles. The number of nitrogens with one attached hydrogen (secondary N) is 1. The zero-order valence-electron chi connectivity index (χ0n) is 12.7. The van der Waals surface area contributed by atoms with Crippen molar-refractivity contribution in [3.05, 3.63) is 69.2 Å². The second-order valence-corrected chi connectivity index (χ2v) is 7.33. The van der Waals surface area contributed by atoms with Crippen molar-refractivity contribution in [2.24, 2.45) is 0 Å². The van der Waals surface area contributed by atoms with Gasteiger partial charge < -0.3 is 5.32 Å². The fourth-order valence-electron chi connectivity index (χ4n) is 2.22. The zero-order chi connectivity index (χ0) is 16.2. The standard InChI is InChI=1S/C18H19BrClNO/c1-18(2,14-6-8-16(20)9-7-14)12-21-17(22)11-13-4-3-5-15(19)10-13/h3-10H,11-12H2,1-2H3,(H,21,22). The highest BCUT2D eigenvalue weighted by Crippen LogP contribution is 2.24. The van der Waals surface area contributed by atoms with E-state index in [1.54, 1.807) is 0 Å². The molecule has 0 radical (unpaired) electrons. The molecule has 4 heteroatoms. The van der Waals surface area contributed by atoms with E-state index in [1.807, 2.05) is 48.5 Å². The van der Waals surface area contributed by atoms with E-state index in [4.69, 9.17) is 11.6 Å². The first-order valence-corrected chi connectivity index (χ1v) is 8.31. The van der Waals surface area contributed by atoms with Gasteiger partial charge in [0.25, 0.3) is 0 Å². The van der Waals surface area contributed by atoms with Gasteiger partial charge in [-0.25, -0.2) is 0 Å². The van der Waals surface area contributed by atoms with Crippen molar-refractivity contribution in [3.8, 4) is 0 Å². The summed E-state index contributed by atoms with van der Waals surface area (Å²) in [5.41, 5.74) is 2.01. The summed E-state index contributed by atoms with van der Waals surface area (Å²) in [6, 6.07) is 15.6. The Hall–Kier alpha value is -1.32. The maximum atomic E-state index is 12.1. The minimum atomic E-state index is -0.141. The Kier molecular flexibility index (Phi) is 5.65. The van der Waals surface area contributed by atoms with Crippen LogP contribution in [0.15, 0.2) is 53.0 Å². The lowest BCUT2D eigenvalue weighted by Gasteiger charge is -2.25. The first-order chi connectivity index (χ1) is 10.4. The van der Waals surface area contributed by atoms with Crippen molar-refractivity contribution < 1.29 is 4.79 Å². The van der Waals surface area contributed by atoms with E-state index in [9.17, 15) is 4.79 Å². The Morgan fingerprint density at radius 1 is 1.18 bits per heavy atom. The number of carbonyl (C=O) groups excluding carboxylic acids is 1. The lowest BCUT2D eigenvalue weighted by molar-refractivity contribution is -0.120. The van der Waals surface area contributed by atoms with Crippen LogP contribution in [0, 0.1) is 0 Å². The van der Waals surface area contributed by atoms with Gasteiger partial charge in [-0.1, -0.05) is 65.6 Å². The van der Waals surface area contributed by atoms with Gasteiger partial charge in [0.05, 0.1) is 6.42 Å². The summed E-state index contributed by atoms with van der Waals surface area (Å²) < 4.78 is 0.985. The quantitative estimate of drug-likeness (QED) is 0.797. The maximum absolute atomic E-state index is 12.1. The molecular weight excluding hydrogens is 362 g/mol. The predicted molar refractivity (Wildman–Crippen MR) is 95.3 cm³/mol. The second-order valence-electron chi connectivity index (χ2n) is 5.97. The Balaban J connectivity index is 1.93. The maximum Gasteiger partial charge on any atom is 0.224 e. The lowest BCUT2D eigenvalue weighted by Crippen LogP contribution is -2.37. The van der Waals surface area contributed by atoms with Gasteiger partial charge in [-0.2, -0.15) is 0 Å². The molecule has 2 aromatic rings. The fourth-order valence-corrected chi connectivity index (χ4v) is 2.79. The van der Waals surface area contributed by atoms with Gasteiger partial charge in [0.1, 0.15) is 0 Å². The molecule has 2 nitrogen and oxygen atoms in total. The lowest BCUT2D eigenvalue weighted by atomic mass is 9.84. The topological polar surface area (TPSA) is 29.1 Å². The molecule has 0 atom stereocenters. The van der Waals surface area contributed by atoms with Gasteiger partial charge in [0.2, 0.25) is 5.91 Å². The van der Waals surface area contributed by atoms with E-state index in [-0.39, 0.29) is 11.3 Å². The second kappa shape index (κ2) is 7.30. The highest BCUT2D eigenvalue weighted by Gasteiger charge is 2.21. The van der Waals surface area contributed by atoms with Gasteiger partial charge >= 0.3 is 0 Å². The molecule has 0 saturated heterocycles. The number of amides is 1. The van der Waals surface area contributed by atoms with Crippen LogP contribution in [0.1, 0.15) is 25.0 Å². The van der Waals surface area contributed by atoms with E-state index in [1.165, 1.54) is 0 Å². The third kappa shape index (κ3) is 4.85. The fraction of sp³-hybridized carbons (Fsp3) is 0.278. The van der Waals surface area contributed by atoms with Gasteiger partial charge in [0.15, 0.2) is 0 Å². The summed E-state index contributed by atoms with van der Waals surface area (Å²) in [6.45, 7) is 4.80. The summed E-state index contributed by atoms with van der Waals surface area (Å²) in [6.07, 6.45) is 0.385. The van der Waals surface area contributed by atoms with Crippen LogP contribution in [0.2, 0.25) is 5.02 Å². The Morgan fingerprint density at radius 3 is 2.50 bits per heavy atom. The number of hydrogen-bond acceptors (Lipinski definition) is 1. The number of carbonyl (C=O) groups is 1. The number of halogens is 2. The molecule has 0 aliphatic rings. The third-order valence-electron chi connectivity index (χ3n) is 3.61. The minimum Gasteiger partial charge on any atom is -0.355 e. The van der Waals surface area contributed by atoms with E-state index in [2.05, 4.69) is 35.1 Å². The van der Waals surface area contributed by atoms with Crippen molar-refractivity contribution in [2.45, 2.75) is 25.7 Å². The highest BCUT2D eigenvalue weighted by atomic mass is 79.9. The molecule has 0 aliphatic carbocycles. The average Bonchev–Trinajstić information content (AvgIpc) is 2.46. The zero-order valence-corrected chi connectivity index (χ0v) is 15.0. The molecule has 1 amide bonds. The molecule has 0 aliphatic heterocycles. The van der Waals surface area contributed by atoms with Crippen LogP contribution in [0.3, 0.4) is 0 Å². The van der Waals surface area contributed by atoms with Crippen molar-refractivity contribution in [3.63, 3.8) is 0 Å². The van der Waals surface area contributed by atoms with E-state index >= 15 is 0 Å². The molecular formula is C18H19BrClNO. The number of benzene rings is 2. The van der Waals surface area contributed by atoms with Gasteiger partial charge in [-0.3, -0.25) is 4.79 Å². The molecule has 116 valence electrons. The van der Waals surface area contributed by atoms with Crippen LogP contribution in [0.5, 0.6) is 0 Å². The summed E-state index contributed by atoms with van der Waals surface area (Å²) in [4.78, 5) is 12.1. The monoisotopic (exact) mass is 379 g/mol. The van der Waals surface area contributed by atoms with E-state index in [0.29, 0.717) is 13.0 Å². The van der Waals surface area contributed by atoms with Crippen molar-refractivity contribution >= 4 is 33.4 Å². The number of hydrogen-bond donors (Lipinski definition) is 1. The van der Waals surface area contributed by atoms with Gasteiger partial charge in [-0.15, -0.1) is 0 Å². The summed E-state index contributed by atoms with van der Waals surface area (Å²) in [7, 11) is 0. The molecule has 0 bridgehead atoms. The van der Waals surface area contributed by atoms with Crippen molar-refractivity contribution in [2.75, 3.05) is 6.54 Å². The molecule has 22 heavy (non-hydrogen) atoms. The van der Waals surface area contributed by atoms with Crippen LogP contribution in [-0.4, -0.2) is 12.5 Å². The normalized spacial score (nSPS) is 11.3. The molecule has 0 unspecified atom stereocenters. The van der Waals surface area contributed by atoms with Crippen LogP contribution in [0.25, 0.3) is 0 Å². The molecule has 0 spiro atoms. The van der Waals surface area contributed by atoms with Crippen LogP contribution in [0.4, 0.5) is 0 Å². The molecule has 0 fully saturated rings. The largest absolute Gasteiger partial charge is 0.355 e. The summed E-state index contributed by atoms with van der Waals surface area (Å²) in [5, 5.41) is 3.74. The number of rotatable bonds is 5. The van der Waals surface area contributed by atoms with Crippen LogP contribution in [-0.2, 0) is 16.6 Å². The van der Waals surface area contributed by atoms with Gasteiger partial charge in [0, 0.05) is 21.5 Å². The molecule has 2 rings (SSSR count). The molecule has 0 saturated carbocycles. The Morgan fingerprint density at radius 2 is 1.86 bits per heavy atom. The summed E-state index contributed by atoms with van der Waals surface area (Å²) in [5.74, 6) is 0.0279. The third-order valence-corrected chi connectivity index (χ3v) is 4.35. The van der Waals surface area contributed by atoms with Crippen LogP contribution < -0.4 is 5.32 Å². The predicted octanol–water partition coefficient (Wildman–Crippen LogP) is 4.74. The SMILES string of the molecule is CC(C)(CNC(=O)Cc1cccc(Br)c1)c1ccc(Cl)cc1. The van der Waals surface area contributed by atoms with Crippen molar-refractivity contribution in [1.82, 2.24) is 5.32 Å². The Labute approximate surface area is 145 Å².